The van der Waals surface area contributed by atoms with Gasteiger partial charge in [0.1, 0.15) is 23.9 Å². The summed E-state index contributed by atoms with van der Waals surface area (Å²) < 4.78 is 16.9. The van der Waals surface area contributed by atoms with Gasteiger partial charge in [0.25, 0.3) is 11.8 Å². The van der Waals surface area contributed by atoms with E-state index in [4.69, 9.17) is 25.8 Å². The van der Waals surface area contributed by atoms with E-state index in [1.54, 1.807) is 47.4 Å². The molecule has 1 heterocycles. The van der Waals surface area contributed by atoms with Gasteiger partial charge in [0.15, 0.2) is 13.2 Å². The molecule has 0 aliphatic carbocycles. The molecule has 0 fully saturated rings. The van der Waals surface area contributed by atoms with Crippen molar-refractivity contribution >= 4 is 34.8 Å². The van der Waals surface area contributed by atoms with Gasteiger partial charge in [0.05, 0.1) is 17.3 Å². The highest BCUT2D eigenvalue weighted by atomic mass is 35.5. The van der Waals surface area contributed by atoms with Crippen LogP contribution in [-0.2, 0) is 15.0 Å². The third-order valence-corrected chi connectivity index (χ3v) is 6.00. The second-order valence-corrected chi connectivity index (χ2v) is 9.81. The first kappa shape index (κ1) is 25.4. The molecule has 7 nitrogen and oxygen atoms in total. The van der Waals surface area contributed by atoms with Crippen LogP contribution >= 0.6 is 11.6 Å². The average Bonchev–Trinajstić information content (AvgIpc) is 2.85. The molecule has 0 aromatic heterocycles. The molecule has 0 bridgehead atoms. The Labute approximate surface area is 215 Å². The van der Waals surface area contributed by atoms with Crippen molar-refractivity contribution < 1.29 is 23.8 Å². The quantitative estimate of drug-likeness (QED) is 0.437. The lowest BCUT2D eigenvalue weighted by Crippen LogP contribution is -2.41. The molecular weight excluding hydrogens is 480 g/mol. The summed E-state index contributed by atoms with van der Waals surface area (Å²) in [6, 6.07) is 20.1. The lowest BCUT2D eigenvalue weighted by molar-refractivity contribution is -0.121. The van der Waals surface area contributed by atoms with Crippen molar-refractivity contribution in [3.05, 3.63) is 77.3 Å². The maximum absolute atomic E-state index is 12.6. The van der Waals surface area contributed by atoms with E-state index in [2.05, 4.69) is 38.2 Å². The number of hydrogen-bond donors (Lipinski definition) is 1. The third-order valence-electron chi connectivity index (χ3n) is 5.69. The van der Waals surface area contributed by atoms with E-state index in [0.29, 0.717) is 41.0 Å². The third kappa shape index (κ3) is 6.29. The van der Waals surface area contributed by atoms with E-state index in [0.717, 1.165) is 5.75 Å². The molecule has 2 amide bonds. The summed E-state index contributed by atoms with van der Waals surface area (Å²) in [4.78, 5) is 26.6. The van der Waals surface area contributed by atoms with Crippen molar-refractivity contribution in [1.29, 1.82) is 0 Å². The van der Waals surface area contributed by atoms with Crippen molar-refractivity contribution in [2.75, 3.05) is 36.6 Å². The molecular formula is C28H29ClN2O5. The molecule has 1 N–H and O–H groups in total. The number of carbonyl (C=O) groups is 2. The summed E-state index contributed by atoms with van der Waals surface area (Å²) in [6.07, 6.45) is 0. The molecule has 0 unspecified atom stereocenters. The van der Waals surface area contributed by atoms with Crippen molar-refractivity contribution in [2.45, 2.75) is 26.2 Å². The van der Waals surface area contributed by atoms with Gasteiger partial charge in [-0.1, -0.05) is 56.6 Å². The molecule has 4 rings (SSSR count). The number of anilines is 2. The van der Waals surface area contributed by atoms with Gasteiger partial charge in [-0.25, -0.2) is 0 Å². The van der Waals surface area contributed by atoms with Gasteiger partial charge in [0, 0.05) is 5.69 Å². The summed E-state index contributed by atoms with van der Waals surface area (Å²) >= 11 is 6.06. The van der Waals surface area contributed by atoms with Crippen LogP contribution in [0.2, 0.25) is 5.02 Å². The summed E-state index contributed by atoms with van der Waals surface area (Å²) in [5, 5.41) is 3.21. The highest BCUT2D eigenvalue weighted by Crippen LogP contribution is 2.34. The number of para-hydroxylation sites is 1. The van der Waals surface area contributed by atoms with E-state index in [9.17, 15) is 9.59 Å². The molecule has 0 radical (unpaired) electrons. The van der Waals surface area contributed by atoms with Crippen LogP contribution in [0.15, 0.2) is 66.7 Å². The number of fused-ring (bicyclic) bond motifs is 1. The van der Waals surface area contributed by atoms with Gasteiger partial charge in [-0.05, 0) is 53.4 Å². The zero-order chi connectivity index (χ0) is 25.7. The van der Waals surface area contributed by atoms with Crippen LogP contribution in [-0.4, -0.2) is 38.2 Å². The summed E-state index contributed by atoms with van der Waals surface area (Å²) in [7, 11) is 0. The maximum atomic E-state index is 12.6. The standard InChI is InChI=1S/C28H29ClN2O5/c1-28(2,3)19-8-11-21(12-9-19)34-15-14-31-23-16-20(10-13-25(23)36-18-27(31)33)30-26(32)17-35-24-7-5-4-6-22(24)29/h4-13,16H,14-15,17-18H2,1-3H3,(H,30,32). The minimum absolute atomic E-state index is 0.0509. The molecule has 0 atom stereocenters. The van der Waals surface area contributed by atoms with Crippen molar-refractivity contribution in [3.63, 3.8) is 0 Å². The molecule has 0 spiro atoms. The number of amides is 2. The molecule has 3 aromatic rings. The van der Waals surface area contributed by atoms with Gasteiger partial charge in [0.2, 0.25) is 0 Å². The van der Waals surface area contributed by atoms with Crippen molar-refractivity contribution in [3.8, 4) is 17.2 Å². The number of rotatable bonds is 8. The SMILES string of the molecule is CC(C)(C)c1ccc(OCCN2C(=O)COc3ccc(NC(=O)COc4ccccc4Cl)cc32)cc1. The van der Waals surface area contributed by atoms with Crippen LogP contribution in [0.5, 0.6) is 17.2 Å². The van der Waals surface area contributed by atoms with Crippen LogP contribution in [0.1, 0.15) is 26.3 Å². The monoisotopic (exact) mass is 508 g/mol. The van der Waals surface area contributed by atoms with Gasteiger partial charge in [-0.3, -0.25) is 9.59 Å². The lowest BCUT2D eigenvalue weighted by Gasteiger charge is -2.29. The second kappa shape index (κ2) is 10.9. The molecule has 0 saturated heterocycles. The van der Waals surface area contributed by atoms with Crippen molar-refractivity contribution in [2.24, 2.45) is 0 Å². The number of hydrogen-bond acceptors (Lipinski definition) is 5. The van der Waals surface area contributed by atoms with Gasteiger partial charge in [-0.2, -0.15) is 0 Å². The Morgan fingerprint density at radius 2 is 1.81 bits per heavy atom. The van der Waals surface area contributed by atoms with E-state index < -0.39 is 0 Å². The number of nitrogens with zero attached hydrogens (tertiary/aromatic N) is 1. The fourth-order valence-corrected chi connectivity index (χ4v) is 3.92. The van der Waals surface area contributed by atoms with Crippen LogP contribution in [0, 0.1) is 0 Å². The summed E-state index contributed by atoms with van der Waals surface area (Å²) in [6.45, 7) is 6.87. The zero-order valence-electron chi connectivity index (χ0n) is 20.5. The molecule has 36 heavy (non-hydrogen) atoms. The van der Waals surface area contributed by atoms with Crippen LogP contribution in [0.3, 0.4) is 0 Å². The van der Waals surface area contributed by atoms with Gasteiger partial charge >= 0.3 is 0 Å². The lowest BCUT2D eigenvalue weighted by atomic mass is 9.87. The Kier molecular flexibility index (Phi) is 7.70. The van der Waals surface area contributed by atoms with E-state index in [1.165, 1.54) is 5.56 Å². The molecule has 8 heteroatoms. The smallest absolute Gasteiger partial charge is 0.265 e. The Bertz CT molecular complexity index is 1240. The first-order chi connectivity index (χ1) is 17.2. The average molecular weight is 509 g/mol. The number of benzene rings is 3. The largest absolute Gasteiger partial charge is 0.492 e. The van der Waals surface area contributed by atoms with Gasteiger partial charge in [-0.15, -0.1) is 0 Å². The fourth-order valence-electron chi connectivity index (χ4n) is 3.73. The zero-order valence-corrected chi connectivity index (χ0v) is 21.3. The first-order valence-corrected chi connectivity index (χ1v) is 12.1. The normalized spacial score (nSPS) is 13.0. The van der Waals surface area contributed by atoms with Crippen molar-refractivity contribution in [1.82, 2.24) is 0 Å². The Morgan fingerprint density at radius 1 is 1.06 bits per heavy atom. The molecule has 0 saturated carbocycles. The Morgan fingerprint density at radius 3 is 2.53 bits per heavy atom. The topological polar surface area (TPSA) is 77.1 Å². The molecule has 1 aliphatic heterocycles. The van der Waals surface area contributed by atoms with Crippen LogP contribution in [0.4, 0.5) is 11.4 Å². The molecule has 3 aromatic carbocycles. The highest BCUT2D eigenvalue weighted by molar-refractivity contribution is 6.32. The highest BCUT2D eigenvalue weighted by Gasteiger charge is 2.26. The van der Waals surface area contributed by atoms with Crippen LogP contribution in [0.25, 0.3) is 0 Å². The maximum Gasteiger partial charge on any atom is 0.265 e. The van der Waals surface area contributed by atoms with Gasteiger partial charge < -0.3 is 24.4 Å². The van der Waals surface area contributed by atoms with E-state index in [1.807, 2.05) is 12.1 Å². The van der Waals surface area contributed by atoms with E-state index >= 15 is 0 Å². The molecule has 1 aliphatic rings. The number of ether oxygens (including phenoxy) is 3. The first-order valence-electron chi connectivity index (χ1n) is 11.7. The summed E-state index contributed by atoms with van der Waals surface area (Å²) in [5.41, 5.74) is 2.38. The predicted octanol–water partition coefficient (Wildman–Crippen LogP) is 5.46. The Hall–Kier alpha value is -3.71. The predicted molar refractivity (Wildman–Crippen MR) is 141 cm³/mol. The number of halogens is 1. The van der Waals surface area contributed by atoms with Crippen LogP contribution < -0.4 is 24.4 Å². The summed E-state index contributed by atoms with van der Waals surface area (Å²) in [5.74, 6) is 1.20. The molecule has 188 valence electrons. The Balaban J connectivity index is 1.37. The number of carbonyl (C=O) groups excluding carboxylic acids is 2. The minimum atomic E-state index is -0.355. The second-order valence-electron chi connectivity index (χ2n) is 9.41. The van der Waals surface area contributed by atoms with E-state index in [-0.39, 0.29) is 30.4 Å². The minimum Gasteiger partial charge on any atom is -0.492 e. The number of nitrogens with one attached hydrogen (secondary N) is 1. The fraction of sp³-hybridized carbons (Fsp3) is 0.286.